The maximum Gasteiger partial charge on any atom is 0.235 e. The lowest BCUT2D eigenvalue weighted by atomic mass is 10.1. The number of rotatable bonds is 1. The summed E-state index contributed by atoms with van der Waals surface area (Å²) in [4.78, 5) is 13.7. The van der Waals surface area contributed by atoms with Crippen LogP contribution in [0.15, 0.2) is 53.3 Å². The quantitative estimate of drug-likeness (QED) is 0.526. The van der Waals surface area contributed by atoms with Crippen LogP contribution in [0.25, 0.3) is 28.1 Å². The van der Waals surface area contributed by atoms with Gasteiger partial charge < -0.3 is 0 Å². The molecule has 0 aliphatic heterocycles. The summed E-state index contributed by atoms with van der Waals surface area (Å²) in [6, 6.07) is 12.2. The Bertz CT molecular complexity index is 975. The van der Waals surface area contributed by atoms with Crippen LogP contribution in [0.4, 0.5) is 0 Å². The molecule has 0 fully saturated rings. The highest BCUT2D eigenvalue weighted by atomic mass is 79.9. The van der Waals surface area contributed by atoms with E-state index in [0.29, 0.717) is 5.78 Å². The molecule has 3 heterocycles. The second-order valence-electron chi connectivity index (χ2n) is 4.89. The highest BCUT2D eigenvalue weighted by Gasteiger charge is 2.12. The molecule has 0 saturated carbocycles. The summed E-state index contributed by atoms with van der Waals surface area (Å²) in [5, 5.41) is 1.02. The van der Waals surface area contributed by atoms with Crippen LogP contribution in [0.5, 0.6) is 0 Å². The molecule has 21 heavy (non-hydrogen) atoms. The van der Waals surface area contributed by atoms with E-state index in [-0.39, 0.29) is 0 Å². The SMILES string of the molecule is Cc1ccc2c(-c3cccc(Br)c3)nc3nccn3c2n1. The van der Waals surface area contributed by atoms with Crippen molar-refractivity contribution in [2.75, 3.05) is 0 Å². The number of hydrogen-bond donors (Lipinski definition) is 0. The maximum absolute atomic E-state index is 4.70. The smallest absolute Gasteiger partial charge is 0.235 e. The molecule has 0 atom stereocenters. The predicted molar refractivity (Wildman–Crippen MR) is 86.2 cm³/mol. The second-order valence-corrected chi connectivity index (χ2v) is 5.81. The van der Waals surface area contributed by atoms with Gasteiger partial charge in [-0.2, -0.15) is 0 Å². The van der Waals surface area contributed by atoms with Gasteiger partial charge in [-0.3, -0.25) is 4.40 Å². The Morgan fingerprint density at radius 3 is 2.86 bits per heavy atom. The first-order chi connectivity index (χ1) is 10.2. The van der Waals surface area contributed by atoms with E-state index in [1.165, 1.54) is 0 Å². The zero-order valence-corrected chi connectivity index (χ0v) is 12.9. The van der Waals surface area contributed by atoms with Crippen LogP contribution < -0.4 is 0 Å². The Balaban J connectivity index is 2.16. The van der Waals surface area contributed by atoms with E-state index < -0.39 is 0 Å². The molecule has 0 aliphatic carbocycles. The monoisotopic (exact) mass is 338 g/mol. The van der Waals surface area contributed by atoms with E-state index in [2.05, 4.69) is 38.0 Å². The molecule has 4 rings (SSSR count). The standard InChI is InChI=1S/C16H11BrN4/c1-10-5-6-13-14(11-3-2-4-12(17)9-11)20-16-18-7-8-21(16)15(13)19-10/h2-9H,1H3. The van der Waals surface area contributed by atoms with Gasteiger partial charge in [0, 0.05) is 33.5 Å². The third-order valence-electron chi connectivity index (χ3n) is 3.43. The zero-order valence-electron chi connectivity index (χ0n) is 11.3. The van der Waals surface area contributed by atoms with Gasteiger partial charge in [0.05, 0.1) is 5.69 Å². The van der Waals surface area contributed by atoms with Crippen molar-refractivity contribution in [3.8, 4) is 11.3 Å². The van der Waals surface area contributed by atoms with Gasteiger partial charge in [0.2, 0.25) is 5.78 Å². The Morgan fingerprint density at radius 1 is 1.10 bits per heavy atom. The average Bonchev–Trinajstić information content (AvgIpc) is 2.95. The number of aryl methyl sites for hydroxylation is 1. The number of imidazole rings is 1. The number of hydrogen-bond acceptors (Lipinski definition) is 3. The molecule has 5 heteroatoms. The normalized spacial score (nSPS) is 11.3. The number of fused-ring (bicyclic) bond motifs is 3. The van der Waals surface area contributed by atoms with Gasteiger partial charge in [-0.25, -0.2) is 15.0 Å². The number of nitrogens with zero attached hydrogens (tertiary/aromatic N) is 4. The molecule has 0 bridgehead atoms. The molecule has 0 saturated heterocycles. The first kappa shape index (κ1) is 12.5. The van der Waals surface area contributed by atoms with Gasteiger partial charge >= 0.3 is 0 Å². The second kappa shape index (κ2) is 4.63. The maximum atomic E-state index is 4.70. The minimum Gasteiger partial charge on any atom is -0.268 e. The van der Waals surface area contributed by atoms with Crippen molar-refractivity contribution in [2.24, 2.45) is 0 Å². The van der Waals surface area contributed by atoms with Crippen molar-refractivity contribution in [2.45, 2.75) is 6.92 Å². The fourth-order valence-corrected chi connectivity index (χ4v) is 2.87. The van der Waals surface area contributed by atoms with Crippen molar-refractivity contribution in [3.63, 3.8) is 0 Å². The van der Waals surface area contributed by atoms with Crippen molar-refractivity contribution in [3.05, 3.63) is 59.0 Å². The van der Waals surface area contributed by atoms with Crippen LogP contribution in [-0.2, 0) is 0 Å². The first-order valence-electron chi connectivity index (χ1n) is 6.59. The number of pyridine rings is 1. The Labute approximate surface area is 129 Å². The minimum atomic E-state index is 0.663. The van der Waals surface area contributed by atoms with Crippen molar-refractivity contribution >= 4 is 32.7 Å². The van der Waals surface area contributed by atoms with Gasteiger partial charge in [-0.05, 0) is 31.2 Å². The Hall–Kier alpha value is -2.27. The van der Waals surface area contributed by atoms with Gasteiger partial charge in [0.15, 0.2) is 0 Å². The summed E-state index contributed by atoms with van der Waals surface area (Å²) in [6.45, 7) is 1.99. The summed E-state index contributed by atoms with van der Waals surface area (Å²) in [7, 11) is 0. The molecule has 102 valence electrons. The van der Waals surface area contributed by atoms with Crippen LogP contribution in [-0.4, -0.2) is 19.4 Å². The molecule has 4 nitrogen and oxygen atoms in total. The van der Waals surface area contributed by atoms with Gasteiger partial charge in [-0.1, -0.05) is 28.1 Å². The molecule has 0 spiro atoms. The van der Waals surface area contributed by atoms with Crippen molar-refractivity contribution in [1.82, 2.24) is 19.4 Å². The summed E-state index contributed by atoms with van der Waals surface area (Å²) in [6.07, 6.45) is 3.64. The molecule has 1 aromatic carbocycles. The topological polar surface area (TPSA) is 43.1 Å². The Kier molecular flexibility index (Phi) is 2.75. The van der Waals surface area contributed by atoms with E-state index >= 15 is 0 Å². The third-order valence-corrected chi connectivity index (χ3v) is 3.92. The van der Waals surface area contributed by atoms with E-state index in [9.17, 15) is 0 Å². The molecule has 0 unspecified atom stereocenters. The van der Waals surface area contributed by atoms with Crippen LogP contribution in [0, 0.1) is 6.92 Å². The largest absolute Gasteiger partial charge is 0.268 e. The summed E-state index contributed by atoms with van der Waals surface area (Å²) in [5.74, 6) is 0.663. The average molecular weight is 339 g/mol. The van der Waals surface area contributed by atoms with Gasteiger partial charge in [0.25, 0.3) is 0 Å². The Morgan fingerprint density at radius 2 is 2.00 bits per heavy atom. The van der Waals surface area contributed by atoms with E-state index in [4.69, 9.17) is 4.98 Å². The molecule has 0 amide bonds. The molecular formula is C16H11BrN4. The van der Waals surface area contributed by atoms with Gasteiger partial charge in [-0.15, -0.1) is 0 Å². The number of aromatic nitrogens is 4. The summed E-state index contributed by atoms with van der Waals surface area (Å²) >= 11 is 3.51. The fourth-order valence-electron chi connectivity index (χ4n) is 2.47. The summed E-state index contributed by atoms with van der Waals surface area (Å²) < 4.78 is 2.95. The lowest BCUT2D eigenvalue weighted by molar-refractivity contribution is 1.11. The number of benzene rings is 1. The molecule has 4 aromatic rings. The van der Waals surface area contributed by atoms with Crippen molar-refractivity contribution < 1.29 is 0 Å². The van der Waals surface area contributed by atoms with E-state index in [1.54, 1.807) is 6.20 Å². The first-order valence-corrected chi connectivity index (χ1v) is 7.38. The minimum absolute atomic E-state index is 0.663. The highest BCUT2D eigenvalue weighted by molar-refractivity contribution is 9.10. The third kappa shape index (κ3) is 2.01. The van der Waals surface area contributed by atoms with E-state index in [1.807, 2.05) is 41.8 Å². The fraction of sp³-hybridized carbons (Fsp3) is 0.0625. The predicted octanol–water partition coefficient (Wildman–Crippen LogP) is 4.02. The van der Waals surface area contributed by atoms with E-state index in [0.717, 1.165) is 32.5 Å². The lowest BCUT2D eigenvalue weighted by Crippen LogP contribution is -1.98. The molecule has 0 radical (unpaired) electrons. The zero-order chi connectivity index (χ0) is 14.4. The molecule has 0 aliphatic rings. The van der Waals surface area contributed by atoms with Crippen LogP contribution in [0.3, 0.4) is 0 Å². The molecule has 0 N–H and O–H groups in total. The molecule has 3 aromatic heterocycles. The van der Waals surface area contributed by atoms with Crippen LogP contribution in [0.1, 0.15) is 5.69 Å². The molecular weight excluding hydrogens is 328 g/mol. The highest BCUT2D eigenvalue weighted by Crippen LogP contribution is 2.28. The van der Waals surface area contributed by atoms with Crippen LogP contribution in [0.2, 0.25) is 0 Å². The van der Waals surface area contributed by atoms with Crippen LogP contribution >= 0.6 is 15.9 Å². The number of halogens is 1. The lowest BCUT2D eigenvalue weighted by Gasteiger charge is -2.08. The van der Waals surface area contributed by atoms with Gasteiger partial charge in [0.1, 0.15) is 5.65 Å². The summed E-state index contributed by atoms with van der Waals surface area (Å²) in [5.41, 5.74) is 3.80. The van der Waals surface area contributed by atoms with Crippen molar-refractivity contribution in [1.29, 1.82) is 0 Å².